The van der Waals surface area contributed by atoms with Gasteiger partial charge in [0.25, 0.3) is 0 Å². The largest absolute Gasteiger partial charge is 0.493 e. The average Bonchev–Trinajstić information content (AvgIpc) is 2.72. The van der Waals surface area contributed by atoms with E-state index in [1.54, 1.807) is 0 Å². The van der Waals surface area contributed by atoms with Gasteiger partial charge in [-0.15, -0.1) is 0 Å². The monoisotopic (exact) mass is 269 g/mol. The molecular weight excluding hydrogens is 254 g/mol. The molecule has 1 N–H and O–H groups in total. The summed E-state index contributed by atoms with van der Waals surface area (Å²) in [6.07, 6.45) is 1.23. The Hall–Kier alpha value is -0.540. The number of hydrogen-bond acceptors (Lipinski definition) is 2. The third-order valence-electron chi connectivity index (χ3n) is 2.79. The summed E-state index contributed by atoms with van der Waals surface area (Å²) in [4.78, 5) is 0. The Balaban J connectivity index is 1.94. The Kier molecular flexibility index (Phi) is 3.65. The van der Waals surface area contributed by atoms with Crippen molar-refractivity contribution in [2.24, 2.45) is 5.92 Å². The van der Waals surface area contributed by atoms with E-state index in [-0.39, 0.29) is 0 Å². The smallest absolute Gasteiger partial charge is 0.123 e. The van der Waals surface area contributed by atoms with Crippen molar-refractivity contribution >= 4 is 15.9 Å². The quantitative estimate of drug-likeness (QED) is 0.911. The lowest BCUT2D eigenvalue weighted by atomic mass is 10.1. The lowest BCUT2D eigenvalue weighted by molar-refractivity contribution is 0.258. The summed E-state index contributed by atoms with van der Waals surface area (Å²) in [5.74, 6) is 1.67. The van der Waals surface area contributed by atoms with Crippen LogP contribution in [0.2, 0.25) is 0 Å². The minimum atomic E-state index is 0.670. The van der Waals surface area contributed by atoms with Crippen LogP contribution in [0.25, 0.3) is 0 Å². The van der Waals surface area contributed by atoms with Crippen molar-refractivity contribution in [3.8, 4) is 5.75 Å². The second-order valence-electron chi connectivity index (χ2n) is 4.08. The van der Waals surface area contributed by atoms with E-state index in [1.165, 1.54) is 12.0 Å². The Bertz CT molecular complexity index is 334. The highest BCUT2D eigenvalue weighted by molar-refractivity contribution is 9.10. The van der Waals surface area contributed by atoms with Gasteiger partial charge in [0.15, 0.2) is 0 Å². The zero-order valence-electron chi connectivity index (χ0n) is 8.92. The second kappa shape index (κ2) is 4.99. The molecule has 1 aromatic carbocycles. The van der Waals surface area contributed by atoms with Gasteiger partial charge in [-0.25, -0.2) is 0 Å². The van der Waals surface area contributed by atoms with Crippen molar-refractivity contribution in [3.05, 3.63) is 28.2 Å². The molecule has 0 aliphatic carbocycles. The maximum absolute atomic E-state index is 5.83. The van der Waals surface area contributed by atoms with E-state index in [4.69, 9.17) is 4.74 Å². The van der Waals surface area contributed by atoms with Crippen molar-refractivity contribution in [1.82, 2.24) is 5.32 Å². The van der Waals surface area contributed by atoms with E-state index in [2.05, 4.69) is 34.2 Å². The van der Waals surface area contributed by atoms with Crippen LogP contribution in [0.4, 0.5) is 0 Å². The topological polar surface area (TPSA) is 21.3 Å². The van der Waals surface area contributed by atoms with Gasteiger partial charge in [0, 0.05) is 16.9 Å². The van der Waals surface area contributed by atoms with Crippen molar-refractivity contribution in [3.63, 3.8) is 0 Å². The first-order valence-corrected chi connectivity index (χ1v) is 6.14. The van der Waals surface area contributed by atoms with Crippen LogP contribution in [-0.2, 0) is 0 Å². The first kappa shape index (κ1) is 11.0. The molecule has 1 heterocycles. The summed E-state index contributed by atoms with van der Waals surface area (Å²) in [7, 11) is 0. The summed E-state index contributed by atoms with van der Waals surface area (Å²) in [5.41, 5.74) is 1.20. The molecule has 3 heteroatoms. The van der Waals surface area contributed by atoms with Gasteiger partial charge in [-0.2, -0.15) is 0 Å². The molecular formula is C12H16BrNO. The molecule has 0 aromatic heterocycles. The third-order valence-corrected chi connectivity index (χ3v) is 3.28. The van der Waals surface area contributed by atoms with Crippen LogP contribution in [0.15, 0.2) is 22.7 Å². The highest BCUT2D eigenvalue weighted by Gasteiger charge is 2.15. The van der Waals surface area contributed by atoms with Crippen molar-refractivity contribution in [1.29, 1.82) is 0 Å². The van der Waals surface area contributed by atoms with Gasteiger partial charge in [0.05, 0.1) is 6.61 Å². The average molecular weight is 270 g/mol. The molecule has 0 saturated carbocycles. The molecule has 1 fully saturated rings. The maximum Gasteiger partial charge on any atom is 0.123 e. The van der Waals surface area contributed by atoms with Crippen molar-refractivity contribution in [2.75, 3.05) is 19.7 Å². The van der Waals surface area contributed by atoms with Crippen LogP contribution in [0.5, 0.6) is 5.75 Å². The molecule has 1 unspecified atom stereocenters. The normalized spacial score (nSPS) is 20.5. The first-order chi connectivity index (χ1) is 7.25. The molecule has 1 aliphatic rings. The molecule has 82 valence electrons. The SMILES string of the molecule is Cc1ccc(Br)cc1OCC1CCNC1. The van der Waals surface area contributed by atoms with Gasteiger partial charge in [0.1, 0.15) is 5.75 Å². The number of ether oxygens (including phenoxy) is 1. The molecule has 1 atom stereocenters. The van der Waals surface area contributed by atoms with E-state index in [0.717, 1.165) is 29.9 Å². The van der Waals surface area contributed by atoms with Crippen molar-refractivity contribution < 1.29 is 4.74 Å². The fourth-order valence-electron chi connectivity index (χ4n) is 1.79. The molecule has 1 saturated heterocycles. The molecule has 15 heavy (non-hydrogen) atoms. The summed E-state index contributed by atoms with van der Waals surface area (Å²) < 4.78 is 6.91. The Morgan fingerprint density at radius 3 is 3.13 bits per heavy atom. The first-order valence-electron chi connectivity index (χ1n) is 5.35. The molecule has 1 aliphatic heterocycles. The fourth-order valence-corrected chi connectivity index (χ4v) is 2.13. The van der Waals surface area contributed by atoms with Crippen LogP contribution in [-0.4, -0.2) is 19.7 Å². The van der Waals surface area contributed by atoms with Gasteiger partial charge in [-0.1, -0.05) is 22.0 Å². The van der Waals surface area contributed by atoms with E-state index < -0.39 is 0 Å². The van der Waals surface area contributed by atoms with Crippen LogP contribution >= 0.6 is 15.9 Å². The van der Waals surface area contributed by atoms with E-state index in [0.29, 0.717) is 5.92 Å². The number of benzene rings is 1. The van der Waals surface area contributed by atoms with Crippen LogP contribution in [0.1, 0.15) is 12.0 Å². The summed E-state index contributed by atoms with van der Waals surface area (Å²) in [6, 6.07) is 6.16. The minimum Gasteiger partial charge on any atom is -0.493 e. The fraction of sp³-hybridized carbons (Fsp3) is 0.500. The zero-order chi connectivity index (χ0) is 10.7. The number of aryl methyl sites for hydroxylation is 1. The molecule has 2 rings (SSSR count). The lowest BCUT2D eigenvalue weighted by Crippen LogP contribution is -2.15. The zero-order valence-corrected chi connectivity index (χ0v) is 10.5. The Morgan fingerprint density at radius 2 is 2.40 bits per heavy atom. The Morgan fingerprint density at radius 1 is 1.53 bits per heavy atom. The number of nitrogens with one attached hydrogen (secondary N) is 1. The van der Waals surface area contributed by atoms with Gasteiger partial charge in [-0.05, 0) is 37.6 Å². The maximum atomic E-state index is 5.83. The Labute approximate surface area is 99.1 Å². The molecule has 0 radical (unpaired) electrons. The lowest BCUT2D eigenvalue weighted by Gasteiger charge is -2.13. The summed E-state index contributed by atoms with van der Waals surface area (Å²) in [6.45, 7) is 5.12. The number of halogens is 1. The second-order valence-corrected chi connectivity index (χ2v) is 5.00. The number of hydrogen-bond donors (Lipinski definition) is 1. The molecule has 0 spiro atoms. The molecule has 0 amide bonds. The van der Waals surface area contributed by atoms with Gasteiger partial charge in [0.2, 0.25) is 0 Å². The van der Waals surface area contributed by atoms with E-state index >= 15 is 0 Å². The van der Waals surface area contributed by atoms with E-state index in [1.807, 2.05) is 12.1 Å². The standard InChI is InChI=1S/C12H16BrNO/c1-9-2-3-11(13)6-12(9)15-8-10-4-5-14-7-10/h2-3,6,10,14H,4-5,7-8H2,1H3. The van der Waals surface area contributed by atoms with Crippen molar-refractivity contribution in [2.45, 2.75) is 13.3 Å². The number of rotatable bonds is 3. The minimum absolute atomic E-state index is 0.670. The summed E-state index contributed by atoms with van der Waals surface area (Å²) >= 11 is 3.46. The predicted molar refractivity (Wildman–Crippen MR) is 65.4 cm³/mol. The predicted octanol–water partition coefficient (Wildman–Crippen LogP) is 2.75. The van der Waals surface area contributed by atoms with Crippen LogP contribution in [0.3, 0.4) is 0 Å². The highest BCUT2D eigenvalue weighted by atomic mass is 79.9. The van der Waals surface area contributed by atoms with Crippen LogP contribution in [0, 0.1) is 12.8 Å². The van der Waals surface area contributed by atoms with Gasteiger partial charge in [-0.3, -0.25) is 0 Å². The molecule has 1 aromatic rings. The van der Waals surface area contributed by atoms with Crippen LogP contribution < -0.4 is 10.1 Å². The molecule has 2 nitrogen and oxygen atoms in total. The van der Waals surface area contributed by atoms with Gasteiger partial charge < -0.3 is 10.1 Å². The summed E-state index contributed by atoms with van der Waals surface area (Å²) in [5, 5.41) is 3.35. The van der Waals surface area contributed by atoms with Gasteiger partial charge >= 0.3 is 0 Å². The molecule has 0 bridgehead atoms. The highest BCUT2D eigenvalue weighted by Crippen LogP contribution is 2.23. The van der Waals surface area contributed by atoms with E-state index in [9.17, 15) is 0 Å². The third kappa shape index (κ3) is 2.95.